The number of carbonyl (C=O) groups is 2. The van der Waals surface area contributed by atoms with Crippen molar-refractivity contribution in [3.63, 3.8) is 0 Å². The van der Waals surface area contributed by atoms with E-state index in [0.717, 1.165) is 11.3 Å². The summed E-state index contributed by atoms with van der Waals surface area (Å²) in [6.45, 7) is 1.49. The fourth-order valence-electron chi connectivity index (χ4n) is 2.63. The SMILES string of the molecule is O=C1CN(C(=O)N(Cc2ccccc2)c2ccc(Cl)cc2)CCN1. The van der Waals surface area contributed by atoms with Crippen molar-refractivity contribution in [1.29, 1.82) is 0 Å². The van der Waals surface area contributed by atoms with Crippen molar-refractivity contribution in [1.82, 2.24) is 10.2 Å². The van der Waals surface area contributed by atoms with E-state index in [1.807, 2.05) is 42.5 Å². The van der Waals surface area contributed by atoms with E-state index in [1.165, 1.54) is 0 Å². The molecule has 0 spiro atoms. The number of halogens is 1. The number of piperazine rings is 1. The average Bonchev–Trinajstić information content (AvgIpc) is 2.61. The molecule has 1 N–H and O–H groups in total. The summed E-state index contributed by atoms with van der Waals surface area (Å²) in [5.74, 6) is -0.134. The smallest absolute Gasteiger partial charge is 0.325 e. The lowest BCUT2D eigenvalue weighted by molar-refractivity contribution is -0.123. The molecule has 0 aliphatic carbocycles. The molecule has 124 valence electrons. The van der Waals surface area contributed by atoms with Crippen molar-refractivity contribution >= 4 is 29.2 Å². The van der Waals surface area contributed by atoms with Gasteiger partial charge in [0.05, 0.1) is 6.54 Å². The summed E-state index contributed by atoms with van der Waals surface area (Å²) in [7, 11) is 0. The van der Waals surface area contributed by atoms with Crippen molar-refractivity contribution < 1.29 is 9.59 Å². The minimum absolute atomic E-state index is 0.0811. The number of anilines is 1. The molecule has 2 aromatic rings. The molecule has 2 aromatic carbocycles. The van der Waals surface area contributed by atoms with Gasteiger partial charge in [0.25, 0.3) is 0 Å². The zero-order valence-electron chi connectivity index (χ0n) is 13.1. The Kier molecular flexibility index (Phi) is 5.01. The van der Waals surface area contributed by atoms with Gasteiger partial charge in [-0.2, -0.15) is 0 Å². The molecule has 24 heavy (non-hydrogen) atoms. The number of hydrogen-bond acceptors (Lipinski definition) is 2. The summed E-state index contributed by atoms with van der Waals surface area (Å²) in [4.78, 5) is 27.8. The molecule has 1 aliphatic heterocycles. The van der Waals surface area contributed by atoms with Gasteiger partial charge in [0.2, 0.25) is 5.91 Å². The van der Waals surface area contributed by atoms with Crippen LogP contribution in [0.3, 0.4) is 0 Å². The van der Waals surface area contributed by atoms with Crippen LogP contribution < -0.4 is 10.2 Å². The quantitative estimate of drug-likeness (QED) is 0.931. The highest BCUT2D eigenvalue weighted by Gasteiger charge is 2.26. The van der Waals surface area contributed by atoms with Gasteiger partial charge in [0, 0.05) is 23.8 Å². The van der Waals surface area contributed by atoms with Crippen LogP contribution in [0.5, 0.6) is 0 Å². The molecule has 5 nitrogen and oxygen atoms in total. The lowest BCUT2D eigenvalue weighted by Gasteiger charge is -2.33. The van der Waals surface area contributed by atoms with Crippen LogP contribution in [0.15, 0.2) is 54.6 Å². The maximum absolute atomic E-state index is 13.0. The molecular weight excluding hydrogens is 326 g/mol. The monoisotopic (exact) mass is 343 g/mol. The number of amides is 3. The Labute approximate surface area is 145 Å². The Morgan fingerprint density at radius 3 is 2.50 bits per heavy atom. The van der Waals surface area contributed by atoms with E-state index >= 15 is 0 Å². The highest BCUT2D eigenvalue weighted by Crippen LogP contribution is 2.22. The number of urea groups is 1. The molecule has 6 heteroatoms. The van der Waals surface area contributed by atoms with Gasteiger partial charge in [-0.3, -0.25) is 9.69 Å². The van der Waals surface area contributed by atoms with Gasteiger partial charge in [-0.1, -0.05) is 41.9 Å². The average molecular weight is 344 g/mol. The molecule has 1 heterocycles. The summed E-state index contributed by atoms with van der Waals surface area (Å²) in [5, 5.41) is 3.35. The lowest BCUT2D eigenvalue weighted by atomic mass is 10.2. The van der Waals surface area contributed by atoms with E-state index in [4.69, 9.17) is 11.6 Å². The van der Waals surface area contributed by atoms with Gasteiger partial charge in [-0.15, -0.1) is 0 Å². The van der Waals surface area contributed by atoms with E-state index < -0.39 is 0 Å². The second kappa shape index (κ2) is 7.36. The van der Waals surface area contributed by atoms with Crippen molar-refractivity contribution in [3.05, 3.63) is 65.2 Å². The molecule has 0 unspecified atom stereocenters. The van der Waals surface area contributed by atoms with Gasteiger partial charge in [0.1, 0.15) is 6.54 Å². The summed E-state index contributed by atoms with van der Waals surface area (Å²) < 4.78 is 0. The first-order chi connectivity index (χ1) is 11.6. The molecule has 1 aliphatic rings. The van der Waals surface area contributed by atoms with E-state index in [-0.39, 0.29) is 18.5 Å². The summed E-state index contributed by atoms with van der Waals surface area (Å²) >= 11 is 5.96. The van der Waals surface area contributed by atoms with Crippen molar-refractivity contribution in [2.45, 2.75) is 6.54 Å². The molecule has 0 radical (unpaired) electrons. The Hall–Kier alpha value is -2.53. The first-order valence-electron chi connectivity index (χ1n) is 7.76. The zero-order valence-corrected chi connectivity index (χ0v) is 13.9. The predicted octanol–water partition coefficient (Wildman–Crippen LogP) is 2.90. The second-order valence-electron chi connectivity index (χ2n) is 5.60. The number of rotatable bonds is 3. The van der Waals surface area contributed by atoms with Crippen LogP contribution in [0.4, 0.5) is 10.5 Å². The van der Waals surface area contributed by atoms with Crippen molar-refractivity contribution in [3.8, 4) is 0 Å². The van der Waals surface area contributed by atoms with Crippen LogP contribution in [0.25, 0.3) is 0 Å². The third-order valence-electron chi connectivity index (χ3n) is 3.86. The van der Waals surface area contributed by atoms with Crippen LogP contribution in [-0.2, 0) is 11.3 Å². The molecule has 3 rings (SSSR count). The highest BCUT2D eigenvalue weighted by atomic mass is 35.5. The largest absolute Gasteiger partial charge is 0.353 e. The Balaban J connectivity index is 1.87. The van der Waals surface area contributed by atoms with E-state index in [2.05, 4.69) is 5.32 Å². The fourth-order valence-corrected chi connectivity index (χ4v) is 2.75. The normalized spacial score (nSPS) is 14.2. The Morgan fingerprint density at radius 1 is 1.12 bits per heavy atom. The standard InChI is InChI=1S/C18H18ClN3O2/c19-15-6-8-16(9-7-15)22(12-14-4-2-1-3-5-14)18(24)21-11-10-20-17(23)13-21/h1-9H,10-13H2,(H,20,23). The molecule has 1 saturated heterocycles. The van der Waals surface area contributed by atoms with Crippen LogP contribution >= 0.6 is 11.6 Å². The predicted molar refractivity (Wildman–Crippen MR) is 94.1 cm³/mol. The molecule has 3 amide bonds. The third kappa shape index (κ3) is 3.86. The number of benzene rings is 2. The lowest BCUT2D eigenvalue weighted by Crippen LogP contribution is -2.54. The molecule has 0 saturated carbocycles. The minimum Gasteiger partial charge on any atom is -0.353 e. The zero-order chi connectivity index (χ0) is 16.9. The Bertz CT molecular complexity index is 719. The number of hydrogen-bond donors (Lipinski definition) is 1. The molecule has 0 aromatic heterocycles. The van der Waals surface area contributed by atoms with Crippen molar-refractivity contribution in [2.75, 3.05) is 24.5 Å². The second-order valence-corrected chi connectivity index (χ2v) is 6.04. The Morgan fingerprint density at radius 2 is 1.83 bits per heavy atom. The summed E-state index contributed by atoms with van der Waals surface area (Å²) in [6.07, 6.45) is 0. The topological polar surface area (TPSA) is 52.7 Å². The first kappa shape index (κ1) is 16.3. The fraction of sp³-hybridized carbons (Fsp3) is 0.222. The highest BCUT2D eigenvalue weighted by molar-refractivity contribution is 6.30. The van der Waals surface area contributed by atoms with Gasteiger partial charge in [-0.05, 0) is 29.8 Å². The molecule has 0 bridgehead atoms. The van der Waals surface area contributed by atoms with Gasteiger partial charge >= 0.3 is 6.03 Å². The summed E-state index contributed by atoms with van der Waals surface area (Å²) in [6, 6.07) is 16.7. The molecular formula is C18H18ClN3O2. The van der Waals surface area contributed by atoms with Crippen LogP contribution in [0, 0.1) is 0 Å². The minimum atomic E-state index is -0.184. The summed E-state index contributed by atoms with van der Waals surface area (Å²) in [5.41, 5.74) is 1.77. The van der Waals surface area contributed by atoms with E-state index in [9.17, 15) is 9.59 Å². The maximum atomic E-state index is 13.0. The van der Waals surface area contributed by atoms with E-state index in [1.54, 1.807) is 21.9 Å². The number of nitrogens with zero attached hydrogens (tertiary/aromatic N) is 2. The van der Waals surface area contributed by atoms with E-state index in [0.29, 0.717) is 24.7 Å². The third-order valence-corrected chi connectivity index (χ3v) is 4.11. The number of nitrogens with one attached hydrogen (secondary N) is 1. The van der Waals surface area contributed by atoms with Gasteiger partial charge in [0.15, 0.2) is 0 Å². The molecule has 1 fully saturated rings. The molecule has 0 atom stereocenters. The van der Waals surface area contributed by atoms with Crippen LogP contribution in [0.1, 0.15) is 5.56 Å². The van der Waals surface area contributed by atoms with Crippen LogP contribution in [-0.4, -0.2) is 36.5 Å². The number of carbonyl (C=O) groups excluding carboxylic acids is 2. The van der Waals surface area contributed by atoms with Gasteiger partial charge < -0.3 is 10.2 Å². The first-order valence-corrected chi connectivity index (χ1v) is 8.14. The van der Waals surface area contributed by atoms with Gasteiger partial charge in [-0.25, -0.2) is 4.79 Å². The van der Waals surface area contributed by atoms with Crippen LogP contribution in [0.2, 0.25) is 5.02 Å². The maximum Gasteiger partial charge on any atom is 0.325 e. The van der Waals surface area contributed by atoms with Crippen molar-refractivity contribution in [2.24, 2.45) is 0 Å².